The zero-order valence-corrected chi connectivity index (χ0v) is 22.0. The molecule has 4 heterocycles. The van der Waals surface area contributed by atoms with Crippen molar-refractivity contribution in [1.29, 1.82) is 0 Å². The van der Waals surface area contributed by atoms with E-state index in [9.17, 15) is 0 Å². The normalized spacial score (nSPS) is 13.2. The van der Waals surface area contributed by atoms with Gasteiger partial charge in [-0.3, -0.25) is 0 Å². The summed E-state index contributed by atoms with van der Waals surface area (Å²) in [6, 6.07) is 44.5. The number of para-hydroxylation sites is 1. The molecule has 7 aromatic rings. The molecule has 38 heavy (non-hydrogen) atoms. The second kappa shape index (κ2) is 7.70. The van der Waals surface area contributed by atoms with Crippen LogP contribution >= 0.6 is 22.7 Å². The molecule has 2 aromatic heterocycles. The van der Waals surface area contributed by atoms with Crippen molar-refractivity contribution in [3.63, 3.8) is 0 Å². The van der Waals surface area contributed by atoms with Crippen LogP contribution in [0.25, 0.3) is 42.4 Å². The molecule has 0 spiro atoms. The van der Waals surface area contributed by atoms with Crippen LogP contribution < -0.4 is 19.9 Å². The molecule has 2 aliphatic rings. The average Bonchev–Trinajstić information content (AvgIpc) is 3.56. The molecule has 5 aromatic carbocycles. The fraction of sp³-hybridized carbons (Fsp3) is 0. The molecule has 0 unspecified atom stereocenters. The van der Waals surface area contributed by atoms with Crippen molar-refractivity contribution in [2.45, 2.75) is 0 Å². The van der Waals surface area contributed by atoms with Crippen molar-refractivity contribution in [3.05, 3.63) is 121 Å². The van der Waals surface area contributed by atoms with Gasteiger partial charge in [-0.15, -0.1) is 22.7 Å². The van der Waals surface area contributed by atoms with Gasteiger partial charge in [-0.2, -0.15) is 0 Å². The van der Waals surface area contributed by atoms with E-state index in [0.29, 0.717) is 0 Å². The number of hydrogen-bond acceptors (Lipinski definition) is 3. The second-order valence-electron chi connectivity index (χ2n) is 10.0. The van der Waals surface area contributed by atoms with Crippen molar-refractivity contribution >= 4 is 82.3 Å². The first-order valence-electron chi connectivity index (χ1n) is 13.0. The molecular weight excluding hydrogens is 497 g/mol. The SMILES string of the molecule is c1ccc(-c2sc3c4c(cccc24)-c2cccc4c2B3c2sc3ccccc3c2N4c2ccccc2)cc1. The first-order chi connectivity index (χ1) is 18.9. The maximum atomic E-state index is 2.51. The van der Waals surface area contributed by atoms with Crippen LogP contribution in [0.1, 0.15) is 0 Å². The van der Waals surface area contributed by atoms with E-state index >= 15 is 0 Å². The third-order valence-corrected chi connectivity index (χ3v) is 10.6. The van der Waals surface area contributed by atoms with E-state index in [4.69, 9.17) is 0 Å². The first-order valence-corrected chi connectivity index (χ1v) is 14.6. The minimum atomic E-state index is 0.230. The Morgan fingerprint density at radius 2 is 1.26 bits per heavy atom. The number of fused-ring (bicyclic) bond motifs is 6. The lowest BCUT2D eigenvalue weighted by Gasteiger charge is -2.38. The minimum Gasteiger partial charge on any atom is -0.310 e. The number of thiophene rings is 2. The molecule has 0 amide bonds. The van der Waals surface area contributed by atoms with E-state index in [0.717, 1.165) is 0 Å². The lowest BCUT2D eigenvalue weighted by Crippen LogP contribution is -2.57. The molecule has 0 saturated carbocycles. The maximum Gasteiger partial charge on any atom is 0.273 e. The van der Waals surface area contributed by atoms with Gasteiger partial charge in [0.05, 0.1) is 5.69 Å². The Morgan fingerprint density at radius 3 is 2.13 bits per heavy atom. The molecular formula is C34H20BNS2. The monoisotopic (exact) mass is 517 g/mol. The zero-order valence-electron chi connectivity index (χ0n) is 20.4. The topological polar surface area (TPSA) is 3.24 Å². The van der Waals surface area contributed by atoms with Crippen molar-refractivity contribution in [1.82, 2.24) is 0 Å². The minimum absolute atomic E-state index is 0.230. The third kappa shape index (κ3) is 2.66. The van der Waals surface area contributed by atoms with Gasteiger partial charge >= 0.3 is 0 Å². The van der Waals surface area contributed by atoms with E-state index in [1.54, 1.807) is 0 Å². The lowest BCUT2D eigenvalue weighted by atomic mass is 9.38. The summed E-state index contributed by atoms with van der Waals surface area (Å²) in [5.41, 5.74) is 9.32. The maximum absolute atomic E-state index is 2.51. The average molecular weight is 517 g/mol. The van der Waals surface area contributed by atoms with Crippen LogP contribution in [0.2, 0.25) is 0 Å². The van der Waals surface area contributed by atoms with Crippen LogP contribution in [0.4, 0.5) is 17.1 Å². The third-order valence-electron chi connectivity index (χ3n) is 8.06. The quantitative estimate of drug-likeness (QED) is 0.210. The summed E-state index contributed by atoms with van der Waals surface area (Å²) in [7, 11) is 0. The highest BCUT2D eigenvalue weighted by Gasteiger charge is 2.44. The highest BCUT2D eigenvalue weighted by Crippen LogP contribution is 2.48. The van der Waals surface area contributed by atoms with Gasteiger partial charge in [0.25, 0.3) is 6.71 Å². The number of rotatable bonds is 2. The molecule has 0 fully saturated rings. The van der Waals surface area contributed by atoms with Gasteiger partial charge in [0.15, 0.2) is 0 Å². The summed E-state index contributed by atoms with van der Waals surface area (Å²) in [6.45, 7) is 0.230. The molecule has 0 N–H and O–H groups in total. The Kier molecular flexibility index (Phi) is 4.23. The number of hydrogen-bond donors (Lipinski definition) is 0. The van der Waals surface area contributed by atoms with Crippen LogP contribution in [0.3, 0.4) is 0 Å². The summed E-state index contributed by atoms with van der Waals surface area (Å²) < 4.78 is 4.28. The molecule has 0 bridgehead atoms. The van der Waals surface area contributed by atoms with Crippen LogP contribution in [0.5, 0.6) is 0 Å². The number of benzene rings is 5. The van der Waals surface area contributed by atoms with E-state index in [2.05, 4.69) is 126 Å². The molecule has 1 nitrogen and oxygen atoms in total. The van der Waals surface area contributed by atoms with Crippen LogP contribution in [0, 0.1) is 0 Å². The second-order valence-corrected chi connectivity index (χ2v) is 12.2. The molecule has 9 rings (SSSR count). The summed E-state index contributed by atoms with van der Waals surface area (Å²) in [6.07, 6.45) is 0. The van der Waals surface area contributed by atoms with Crippen molar-refractivity contribution in [2.24, 2.45) is 0 Å². The molecule has 2 aliphatic heterocycles. The lowest BCUT2D eigenvalue weighted by molar-refractivity contribution is 1.31. The zero-order chi connectivity index (χ0) is 24.8. The fourth-order valence-corrected chi connectivity index (χ4v) is 9.38. The predicted octanol–water partition coefficient (Wildman–Crippen LogP) is 8.06. The van der Waals surface area contributed by atoms with Gasteiger partial charge < -0.3 is 4.90 Å². The van der Waals surface area contributed by atoms with E-state index in [-0.39, 0.29) is 6.71 Å². The number of anilines is 3. The largest absolute Gasteiger partial charge is 0.310 e. The molecule has 176 valence electrons. The van der Waals surface area contributed by atoms with Crippen molar-refractivity contribution < 1.29 is 0 Å². The molecule has 0 atom stereocenters. The van der Waals surface area contributed by atoms with E-state index in [1.807, 2.05) is 22.7 Å². The predicted molar refractivity (Wildman–Crippen MR) is 167 cm³/mol. The van der Waals surface area contributed by atoms with E-state index < -0.39 is 0 Å². The van der Waals surface area contributed by atoms with Gasteiger partial charge in [-0.25, -0.2) is 0 Å². The smallest absolute Gasteiger partial charge is 0.273 e. The van der Waals surface area contributed by atoms with Crippen LogP contribution in [-0.4, -0.2) is 6.71 Å². The first kappa shape index (κ1) is 20.9. The highest BCUT2D eigenvalue weighted by atomic mass is 32.1. The summed E-state index contributed by atoms with van der Waals surface area (Å²) in [4.78, 5) is 3.89. The van der Waals surface area contributed by atoms with Crippen LogP contribution in [0.15, 0.2) is 121 Å². The molecule has 4 heteroatoms. The summed E-state index contributed by atoms with van der Waals surface area (Å²) in [5, 5.41) is 4.14. The molecule has 0 radical (unpaired) electrons. The van der Waals surface area contributed by atoms with Gasteiger partial charge in [-0.1, -0.05) is 97.1 Å². The fourth-order valence-electron chi connectivity index (χ4n) is 6.56. The Balaban J connectivity index is 1.44. The van der Waals surface area contributed by atoms with Crippen LogP contribution in [-0.2, 0) is 0 Å². The Hall–Kier alpha value is -4.12. The Morgan fingerprint density at radius 1 is 0.553 bits per heavy atom. The molecule has 0 aliphatic carbocycles. The van der Waals surface area contributed by atoms with Crippen molar-refractivity contribution in [2.75, 3.05) is 4.90 Å². The standard InChI is InChI=1S/C34H20BNS2/c1-3-11-21(12-4-1)32-26-18-9-16-23-24-17-10-19-27-30(24)35(33(38-32)29(23)26)34-31(25-15-7-8-20-28(25)37-34)36(27)22-13-5-2-6-14-22/h1-20H. The van der Waals surface area contributed by atoms with Gasteiger partial charge in [0.2, 0.25) is 0 Å². The van der Waals surface area contributed by atoms with Gasteiger partial charge in [0, 0.05) is 36.5 Å². The summed E-state index contributed by atoms with van der Waals surface area (Å²) >= 11 is 3.95. The van der Waals surface area contributed by atoms with Gasteiger partial charge in [0.1, 0.15) is 0 Å². The van der Waals surface area contributed by atoms with Gasteiger partial charge in [-0.05, 0) is 56.6 Å². The van der Waals surface area contributed by atoms with Crippen molar-refractivity contribution in [3.8, 4) is 21.6 Å². The summed E-state index contributed by atoms with van der Waals surface area (Å²) in [5.74, 6) is 0. The van der Waals surface area contributed by atoms with E-state index in [1.165, 1.54) is 74.5 Å². The number of nitrogens with zero attached hydrogens (tertiary/aromatic N) is 1. The molecule has 0 saturated heterocycles. The Labute approximate surface area is 229 Å². The highest BCUT2D eigenvalue weighted by molar-refractivity contribution is 7.40. The Bertz CT molecular complexity index is 2040.